The number of hydrazine groups is 1. The monoisotopic (exact) mass is 387 g/mol. The Kier molecular flexibility index (Phi) is 4.93. The largest absolute Gasteiger partial charge is 0.269 e. The molecule has 1 heterocycles. The van der Waals surface area contributed by atoms with E-state index >= 15 is 0 Å². The maximum atomic E-state index is 12.4. The van der Waals surface area contributed by atoms with Crippen LogP contribution in [0.4, 0.5) is 5.69 Å². The number of carbonyl (C=O) groups excluding carboxylic acids is 2. The third kappa shape index (κ3) is 3.80. The van der Waals surface area contributed by atoms with E-state index in [-0.39, 0.29) is 6.04 Å². The van der Waals surface area contributed by atoms with E-state index in [1.807, 2.05) is 26.0 Å². The molecule has 0 bridgehead atoms. The lowest BCUT2D eigenvalue weighted by atomic mass is 10.1. The molecule has 0 saturated heterocycles. The number of hydrogen-bond acceptors (Lipinski definition) is 4. The fourth-order valence-electron chi connectivity index (χ4n) is 3.33. The van der Waals surface area contributed by atoms with Gasteiger partial charge >= 0.3 is 0 Å². The number of carbonyl (C=O) groups is 2. The summed E-state index contributed by atoms with van der Waals surface area (Å²) in [6, 6.07) is 11.7. The maximum absolute atomic E-state index is 12.4. The van der Waals surface area contributed by atoms with Crippen molar-refractivity contribution in [3.8, 4) is 0 Å². The predicted molar refractivity (Wildman–Crippen MR) is 103 cm³/mol. The van der Waals surface area contributed by atoms with Gasteiger partial charge in [-0.05, 0) is 55.7 Å². The van der Waals surface area contributed by atoms with Crippen LogP contribution in [-0.2, 0) is 16.4 Å². The fourth-order valence-corrected chi connectivity index (χ4v) is 4.59. The van der Waals surface area contributed by atoms with E-state index < -0.39 is 21.8 Å². The summed E-state index contributed by atoms with van der Waals surface area (Å²) in [4.78, 5) is 24.6. The number of anilines is 1. The van der Waals surface area contributed by atoms with Gasteiger partial charge in [-0.15, -0.1) is 0 Å². The van der Waals surface area contributed by atoms with Crippen molar-refractivity contribution in [2.24, 2.45) is 0 Å². The maximum Gasteiger partial charge on any atom is 0.269 e. The van der Waals surface area contributed by atoms with E-state index in [4.69, 9.17) is 0 Å². The molecule has 2 aromatic carbocycles. The van der Waals surface area contributed by atoms with Crippen LogP contribution in [0.3, 0.4) is 0 Å². The Bertz CT molecular complexity index is 1020. The molecule has 2 amide bonds. The average Bonchev–Trinajstić information content (AvgIpc) is 2.94. The van der Waals surface area contributed by atoms with Gasteiger partial charge in [-0.3, -0.25) is 24.7 Å². The molecule has 7 nitrogen and oxygen atoms in total. The van der Waals surface area contributed by atoms with E-state index in [0.717, 1.165) is 11.1 Å². The molecule has 3 rings (SSSR count). The molecule has 0 saturated carbocycles. The van der Waals surface area contributed by atoms with Crippen molar-refractivity contribution in [2.75, 3.05) is 10.6 Å². The van der Waals surface area contributed by atoms with Gasteiger partial charge in [0.15, 0.2) is 0 Å². The Morgan fingerprint density at radius 1 is 1.07 bits per heavy atom. The molecule has 142 valence electrons. The first kappa shape index (κ1) is 18.9. The normalized spacial score (nSPS) is 16.0. The van der Waals surface area contributed by atoms with E-state index in [1.165, 1.54) is 10.6 Å². The lowest BCUT2D eigenvalue weighted by Crippen LogP contribution is -2.41. The molecule has 1 aliphatic heterocycles. The van der Waals surface area contributed by atoms with Gasteiger partial charge in [-0.2, -0.15) is 0 Å². The molecule has 0 aliphatic carbocycles. The third-order valence-corrected chi connectivity index (χ3v) is 5.80. The highest BCUT2D eigenvalue weighted by Gasteiger charge is 2.32. The molecule has 0 fully saturated rings. The number of aryl methyl sites for hydroxylation is 1. The number of hydrogen-bond donors (Lipinski definition) is 2. The van der Waals surface area contributed by atoms with Gasteiger partial charge < -0.3 is 0 Å². The second-order valence-corrected chi connectivity index (χ2v) is 8.54. The van der Waals surface area contributed by atoms with Crippen molar-refractivity contribution >= 4 is 27.5 Å². The van der Waals surface area contributed by atoms with Crippen molar-refractivity contribution in [3.63, 3.8) is 0 Å². The number of nitrogens with one attached hydrogen (secondary N) is 2. The standard InChI is InChI=1S/C19H21N3O4S/c1-12-6-4-5-7-16(12)19(24)21-20-18(23)14-8-9-17-15(11-14)10-13(2)22(17)27(3,25)26/h4-9,11,13H,10H2,1-3H3,(H,20,23)(H,21,24)/t13-/m0/s1. The molecular weight excluding hydrogens is 366 g/mol. The first-order valence-corrected chi connectivity index (χ1v) is 10.3. The molecule has 1 atom stereocenters. The summed E-state index contributed by atoms with van der Waals surface area (Å²) >= 11 is 0. The van der Waals surface area contributed by atoms with Gasteiger partial charge in [0.1, 0.15) is 0 Å². The molecule has 0 spiro atoms. The summed E-state index contributed by atoms with van der Waals surface area (Å²) in [7, 11) is -3.38. The number of nitrogens with zero attached hydrogens (tertiary/aromatic N) is 1. The Morgan fingerprint density at radius 2 is 1.74 bits per heavy atom. The van der Waals surface area contributed by atoms with Crippen LogP contribution in [-0.4, -0.2) is 32.5 Å². The SMILES string of the molecule is Cc1ccccc1C(=O)NNC(=O)c1ccc2c(c1)C[C@H](C)N2S(C)(=O)=O. The zero-order valence-corrected chi connectivity index (χ0v) is 16.1. The molecule has 0 aromatic heterocycles. The van der Waals surface area contributed by atoms with Crippen LogP contribution in [0, 0.1) is 6.92 Å². The minimum Gasteiger partial charge on any atom is -0.267 e. The second kappa shape index (κ2) is 7.03. The van der Waals surface area contributed by atoms with Gasteiger partial charge in [0.25, 0.3) is 11.8 Å². The molecule has 2 aromatic rings. The Labute approximate surface area is 158 Å². The Balaban J connectivity index is 1.73. The van der Waals surface area contributed by atoms with Crippen molar-refractivity contribution in [3.05, 3.63) is 64.7 Å². The van der Waals surface area contributed by atoms with Crippen LogP contribution in [0.2, 0.25) is 0 Å². The molecule has 8 heteroatoms. The Hall–Kier alpha value is -2.87. The lowest BCUT2D eigenvalue weighted by molar-refractivity contribution is 0.0846. The van der Waals surface area contributed by atoms with Crippen LogP contribution in [0.1, 0.15) is 38.8 Å². The highest BCUT2D eigenvalue weighted by atomic mass is 32.2. The van der Waals surface area contributed by atoms with E-state index in [2.05, 4.69) is 10.9 Å². The van der Waals surface area contributed by atoms with Gasteiger partial charge in [-0.1, -0.05) is 18.2 Å². The van der Waals surface area contributed by atoms with Crippen LogP contribution >= 0.6 is 0 Å². The quantitative estimate of drug-likeness (QED) is 0.785. The van der Waals surface area contributed by atoms with Gasteiger partial charge in [-0.25, -0.2) is 8.42 Å². The topological polar surface area (TPSA) is 95.6 Å². The minimum atomic E-state index is -3.38. The van der Waals surface area contributed by atoms with Crippen LogP contribution in [0.5, 0.6) is 0 Å². The van der Waals surface area contributed by atoms with Crippen molar-refractivity contribution < 1.29 is 18.0 Å². The summed E-state index contributed by atoms with van der Waals surface area (Å²) in [5, 5.41) is 0. The first-order chi connectivity index (χ1) is 12.7. The molecule has 1 aliphatic rings. The summed E-state index contributed by atoms with van der Waals surface area (Å²) in [5.74, 6) is -0.871. The molecule has 2 N–H and O–H groups in total. The summed E-state index contributed by atoms with van der Waals surface area (Å²) in [5.41, 5.74) is 7.80. The number of amides is 2. The highest BCUT2D eigenvalue weighted by molar-refractivity contribution is 7.92. The number of benzene rings is 2. The van der Waals surface area contributed by atoms with Crippen LogP contribution in [0.15, 0.2) is 42.5 Å². The second-order valence-electron chi connectivity index (χ2n) is 6.68. The van der Waals surface area contributed by atoms with Gasteiger partial charge in [0.2, 0.25) is 10.0 Å². The summed E-state index contributed by atoms with van der Waals surface area (Å²) < 4.78 is 25.3. The first-order valence-electron chi connectivity index (χ1n) is 8.47. The van der Waals surface area contributed by atoms with Gasteiger partial charge in [0.05, 0.1) is 11.9 Å². The van der Waals surface area contributed by atoms with E-state index in [9.17, 15) is 18.0 Å². The van der Waals surface area contributed by atoms with Crippen molar-refractivity contribution in [1.29, 1.82) is 0 Å². The van der Waals surface area contributed by atoms with E-state index in [1.54, 1.807) is 30.3 Å². The molecule has 0 unspecified atom stereocenters. The minimum absolute atomic E-state index is 0.200. The molecular formula is C19H21N3O4S. The van der Waals surface area contributed by atoms with Crippen molar-refractivity contribution in [1.82, 2.24) is 10.9 Å². The smallest absolute Gasteiger partial charge is 0.267 e. The summed E-state index contributed by atoms with van der Waals surface area (Å²) in [6.45, 7) is 3.63. The molecule has 0 radical (unpaired) electrons. The average molecular weight is 387 g/mol. The van der Waals surface area contributed by atoms with Crippen molar-refractivity contribution in [2.45, 2.75) is 26.3 Å². The third-order valence-electron chi connectivity index (χ3n) is 4.53. The lowest BCUT2D eigenvalue weighted by Gasteiger charge is -2.21. The summed E-state index contributed by atoms with van der Waals surface area (Å²) in [6.07, 6.45) is 1.69. The zero-order valence-electron chi connectivity index (χ0n) is 15.3. The van der Waals surface area contributed by atoms with Crippen LogP contribution < -0.4 is 15.2 Å². The predicted octanol–water partition coefficient (Wildman–Crippen LogP) is 1.78. The molecule has 27 heavy (non-hydrogen) atoms. The Morgan fingerprint density at radius 3 is 2.41 bits per heavy atom. The fraction of sp³-hybridized carbons (Fsp3) is 0.263. The zero-order chi connectivity index (χ0) is 19.8. The van der Waals surface area contributed by atoms with Gasteiger partial charge in [0, 0.05) is 17.2 Å². The number of fused-ring (bicyclic) bond motifs is 1. The number of sulfonamides is 1. The highest BCUT2D eigenvalue weighted by Crippen LogP contribution is 2.34. The van der Waals surface area contributed by atoms with E-state index in [0.29, 0.717) is 23.2 Å². The van der Waals surface area contributed by atoms with Crippen LogP contribution in [0.25, 0.3) is 0 Å². The number of rotatable bonds is 3.